The van der Waals surface area contributed by atoms with Crippen LogP contribution in [-0.4, -0.2) is 36.6 Å². The molecule has 0 bridgehead atoms. The summed E-state index contributed by atoms with van der Waals surface area (Å²) in [6, 6.07) is 13.3. The maximum atomic E-state index is 9.72. The molecule has 5 aromatic rings. The molecule has 0 amide bonds. The highest BCUT2D eigenvalue weighted by Gasteiger charge is 2.06. The molecule has 0 saturated heterocycles. The minimum absolute atomic E-state index is 0.273. The minimum Gasteiger partial charge on any atom is -0.508 e. The van der Waals surface area contributed by atoms with Gasteiger partial charge in [-0.25, -0.2) is 9.97 Å². The fourth-order valence-electron chi connectivity index (χ4n) is 3.51. The van der Waals surface area contributed by atoms with E-state index in [9.17, 15) is 5.11 Å². The molecule has 8 nitrogen and oxygen atoms in total. The molecule has 0 radical (unpaired) electrons. The van der Waals surface area contributed by atoms with Crippen molar-refractivity contribution in [1.29, 1.82) is 0 Å². The van der Waals surface area contributed by atoms with Crippen LogP contribution in [0.1, 0.15) is 11.1 Å². The number of aromatic hydroxyl groups is 1. The Morgan fingerprint density at radius 1 is 0.933 bits per heavy atom. The van der Waals surface area contributed by atoms with Crippen LogP contribution in [0.5, 0.6) is 5.75 Å². The summed E-state index contributed by atoms with van der Waals surface area (Å²) in [6.45, 7) is 1.34. The number of aromatic nitrogens is 5. The van der Waals surface area contributed by atoms with Crippen LogP contribution in [0.15, 0.2) is 61.2 Å². The molecule has 0 aliphatic carbocycles. The molecule has 8 heteroatoms. The zero-order valence-electron chi connectivity index (χ0n) is 16.2. The third kappa shape index (κ3) is 3.75. The second-order valence-corrected chi connectivity index (χ2v) is 7.09. The van der Waals surface area contributed by atoms with E-state index in [1.54, 1.807) is 24.7 Å². The number of aromatic amines is 2. The van der Waals surface area contributed by atoms with Gasteiger partial charge in [0.2, 0.25) is 5.95 Å². The smallest absolute Gasteiger partial charge is 0.224 e. The molecule has 0 unspecified atom stereocenters. The Kier molecular flexibility index (Phi) is 4.65. The number of hydrogen-bond donors (Lipinski definition) is 5. The van der Waals surface area contributed by atoms with Gasteiger partial charge >= 0.3 is 0 Å². The lowest BCUT2D eigenvalue weighted by Crippen LogP contribution is -2.09. The fraction of sp³-hybridized carbons (Fsp3) is 0.136. The number of phenols is 1. The van der Waals surface area contributed by atoms with Crippen molar-refractivity contribution in [1.82, 2.24) is 24.9 Å². The van der Waals surface area contributed by atoms with Crippen molar-refractivity contribution in [3.63, 3.8) is 0 Å². The number of anilines is 2. The molecule has 2 aromatic carbocycles. The number of benzene rings is 2. The maximum absolute atomic E-state index is 9.72. The van der Waals surface area contributed by atoms with Crippen LogP contribution in [0.3, 0.4) is 0 Å². The molecule has 30 heavy (non-hydrogen) atoms. The largest absolute Gasteiger partial charge is 0.508 e. The van der Waals surface area contributed by atoms with Gasteiger partial charge in [-0.05, 0) is 53.9 Å². The summed E-state index contributed by atoms with van der Waals surface area (Å²) in [4.78, 5) is 19.4. The van der Waals surface area contributed by atoms with E-state index in [0.29, 0.717) is 12.5 Å². The molecule has 0 fully saturated rings. The van der Waals surface area contributed by atoms with Gasteiger partial charge in [-0.2, -0.15) is 4.98 Å². The molecule has 0 aliphatic rings. The lowest BCUT2D eigenvalue weighted by atomic mass is 10.1. The van der Waals surface area contributed by atoms with Crippen LogP contribution in [-0.2, 0) is 13.0 Å². The first-order chi connectivity index (χ1) is 14.7. The van der Waals surface area contributed by atoms with Crippen LogP contribution in [0.4, 0.5) is 11.8 Å². The second-order valence-electron chi connectivity index (χ2n) is 7.09. The van der Waals surface area contributed by atoms with Crippen molar-refractivity contribution in [3.05, 3.63) is 72.3 Å². The SMILES string of the molecule is Oc1ccc2[nH]cc(CCNc3ccnc(NCc4ccc5nc[nH]c5c4)n3)c2c1. The van der Waals surface area contributed by atoms with Gasteiger partial charge < -0.3 is 25.7 Å². The summed E-state index contributed by atoms with van der Waals surface area (Å²) in [5.74, 6) is 1.61. The van der Waals surface area contributed by atoms with Crippen LogP contribution in [0.2, 0.25) is 0 Å². The van der Waals surface area contributed by atoms with E-state index in [1.165, 1.54) is 0 Å². The predicted molar refractivity (Wildman–Crippen MR) is 118 cm³/mol. The normalized spacial score (nSPS) is 11.2. The summed E-state index contributed by atoms with van der Waals surface area (Å²) >= 11 is 0. The molecule has 3 heterocycles. The Balaban J connectivity index is 1.19. The number of phenolic OH excluding ortho intramolecular Hbond substituents is 1. The zero-order chi connectivity index (χ0) is 20.3. The van der Waals surface area contributed by atoms with Crippen LogP contribution in [0, 0.1) is 0 Å². The van der Waals surface area contributed by atoms with Gasteiger partial charge in [0.1, 0.15) is 11.6 Å². The Bertz CT molecular complexity index is 1310. The van der Waals surface area contributed by atoms with Crippen molar-refractivity contribution in [2.45, 2.75) is 13.0 Å². The fourth-order valence-corrected chi connectivity index (χ4v) is 3.51. The van der Waals surface area contributed by atoms with Crippen LogP contribution < -0.4 is 10.6 Å². The average molecular weight is 399 g/mol. The molecule has 0 aliphatic heterocycles. The lowest BCUT2D eigenvalue weighted by molar-refractivity contribution is 0.476. The Morgan fingerprint density at radius 2 is 1.90 bits per heavy atom. The van der Waals surface area contributed by atoms with Gasteiger partial charge in [0.25, 0.3) is 0 Å². The van der Waals surface area contributed by atoms with Gasteiger partial charge in [0.05, 0.1) is 17.4 Å². The third-order valence-electron chi connectivity index (χ3n) is 5.04. The van der Waals surface area contributed by atoms with Crippen molar-refractivity contribution in [2.75, 3.05) is 17.2 Å². The molecule has 3 aromatic heterocycles. The topological polar surface area (TPSA) is 115 Å². The lowest BCUT2D eigenvalue weighted by Gasteiger charge is -2.08. The Hall–Kier alpha value is -4.07. The quantitative estimate of drug-likeness (QED) is 0.284. The first kappa shape index (κ1) is 18.0. The molecule has 0 saturated carbocycles. The minimum atomic E-state index is 0.273. The molecule has 5 rings (SSSR count). The van der Waals surface area contributed by atoms with E-state index < -0.39 is 0 Å². The first-order valence-electron chi connectivity index (χ1n) is 9.76. The van der Waals surface area contributed by atoms with Crippen molar-refractivity contribution in [3.8, 4) is 5.75 Å². The van der Waals surface area contributed by atoms with Crippen LogP contribution >= 0.6 is 0 Å². The van der Waals surface area contributed by atoms with Crippen molar-refractivity contribution < 1.29 is 5.11 Å². The number of imidazole rings is 1. The number of fused-ring (bicyclic) bond motifs is 2. The highest BCUT2D eigenvalue weighted by atomic mass is 16.3. The highest BCUT2D eigenvalue weighted by molar-refractivity contribution is 5.84. The molecule has 0 spiro atoms. The summed E-state index contributed by atoms with van der Waals surface area (Å²) in [5.41, 5.74) is 5.25. The van der Waals surface area contributed by atoms with Gasteiger partial charge in [-0.15, -0.1) is 0 Å². The van der Waals surface area contributed by atoms with E-state index in [-0.39, 0.29) is 5.75 Å². The maximum Gasteiger partial charge on any atom is 0.224 e. The van der Waals surface area contributed by atoms with Crippen molar-refractivity contribution in [2.24, 2.45) is 0 Å². The summed E-state index contributed by atoms with van der Waals surface area (Å²) in [5, 5.41) is 17.4. The molecule has 5 N–H and O–H groups in total. The van der Waals surface area contributed by atoms with Gasteiger partial charge in [-0.1, -0.05) is 6.07 Å². The molecular weight excluding hydrogens is 378 g/mol. The number of H-pyrrole nitrogens is 2. The number of rotatable bonds is 7. The number of hydrogen-bond acceptors (Lipinski definition) is 6. The number of nitrogens with zero attached hydrogens (tertiary/aromatic N) is 3. The second kappa shape index (κ2) is 7.75. The van der Waals surface area contributed by atoms with Gasteiger partial charge in [-0.3, -0.25) is 0 Å². The van der Waals surface area contributed by atoms with Gasteiger partial charge in [0, 0.05) is 36.4 Å². The van der Waals surface area contributed by atoms with E-state index in [2.05, 4.69) is 41.6 Å². The molecule has 0 atom stereocenters. The van der Waals surface area contributed by atoms with E-state index in [4.69, 9.17) is 0 Å². The van der Waals surface area contributed by atoms with E-state index in [0.717, 1.165) is 51.8 Å². The molecular formula is C22H21N7O. The van der Waals surface area contributed by atoms with E-state index >= 15 is 0 Å². The highest BCUT2D eigenvalue weighted by Crippen LogP contribution is 2.23. The van der Waals surface area contributed by atoms with Gasteiger partial charge in [0.15, 0.2) is 0 Å². The summed E-state index contributed by atoms with van der Waals surface area (Å²) < 4.78 is 0. The third-order valence-corrected chi connectivity index (χ3v) is 5.04. The van der Waals surface area contributed by atoms with E-state index in [1.807, 2.05) is 30.5 Å². The number of nitrogens with one attached hydrogen (secondary N) is 4. The summed E-state index contributed by atoms with van der Waals surface area (Å²) in [7, 11) is 0. The summed E-state index contributed by atoms with van der Waals surface area (Å²) in [6.07, 6.45) is 6.22. The average Bonchev–Trinajstić information content (AvgIpc) is 3.39. The Labute approximate surface area is 172 Å². The zero-order valence-corrected chi connectivity index (χ0v) is 16.2. The van der Waals surface area contributed by atoms with Crippen molar-refractivity contribution >= 4 is 33.7 Å². The first-order valence-corrected chi connectivity index (χ1v) is 9.76. The standard InChI is InChI=1S/C22H21N7O/c30-16-2-4-18-17(10-16)15(12-25-18)5-7-23-21-6-8-24-22(29-21)26-11-14-1-3-19-20(9-14)28-13-27-19/h1-4,6,8-10,12-13,25,30H,5,7,11H2,(H,27,28)(H2,23,24,26,29). The molecule has 150 valence electrons. The Morgan fingerprint density at radius 3 is 2.87 bits per heavy atom. The predicted octanol–water partition coefficient (Wildman–Crippen LogP) is 3.81. The van der Waals surface area contributed by atoms with Crippen LogP contribution in [0.25, 0.3) is 21.9 Å². The monoisotopic (exact) mass is 399 g/mol.